The Morgan fingerprint density at radius 2 is 1.83 bits per heavy atom. The summed E-state index contributed by atoms with van der Waals surface area (Å²) in [4.78, 5) is 43.3. The molecule has 2 aromatic carbocycles. The first-order chi connectivity index (χ1) is 19.6. The Balaban J connectivity index is 1.57. The highest BCUT2D eigenvalue weighted by atomic mass is 35.5. The van der Waals surface area contributed by atoms with Crippen molar-refractivity contribution in [1.29, 1.82) is 5.41 Å². The molecule has 12 heteroatoms. The van der Waals surface area contributed by atoms with Gasteiger partial charge in [-0.15, -0.1) is 6.42 Å². The minimum atomic E-state index is -0.888. The summed E-state index contributed by atoms with van der Waals surface area (Å²) in [6.45, 7) is 0.701. The molecule has 2 amide bonds. The van der Waals surface area contributed by atoms with Crippen LogP contribution in [-0.4, -0.2) is 58.8 Å². The quantitative estimate of drug-likeness (QED) is 0.184. The summed E-state index contributed by atoms with van der Waals surface area (Å²) in [6.07, 6.45) is 7.65. The number of nitrogens with one attached hydrogen (secondary N) is 3. The molecule has 2 heterocycles. The minimum Gasteiger partial charge on any atom is -0.495 e. The van der Waals surface area contributed by atoms with Crippen LogP contribution in [0.2, 0.25) is 5.02 Å². The monoisotopic (exact) mass is 577 g/mol. The second kappa shape index (κ2) is 12.5. The molecular weight excluding hydrogens is 553 g/mol. The lowest BCUT2D eigenvalue weighted by molar-refractivity contribution is -0.143. The van der Waals surface area contributed by atoms with Crippen LogP contribution >= 0.6 is 11.6 Å². The number of amides is 2. The number of aromatic nitrogens is 1. The fourth-order valence-corrected chi connectivity index (χ4v) is 4.47. The van der Waals surface area contributed by atoms with E-state index in [1.807, 2.05) is 0 Å². The summed E-state index contributed by atoms with van der Waals surface area (Å²) in [7, 11) is 1.33. The smallest absolute Gasteiger partial charge is 0.306 e. The maximum atomic E-state index is 15.2. The Morgan fingerprint density at radius 1 is 1.12 bits per heavy atom. The predicted octanol–water partition coefficient (Wildman–Crippen LogP) is 4.49. The van der Waals surface area contributed by atoms with E-state index >= 15 is 4.39 Å². The number of carbonyl (C=O) groups excluding carboxylic acids is 2. The van der Waals surface area contributed by atoms with Gasteiger partial charge in [-0.1, -0.05) is 23.6 Å². The van der Waals surface area contributed by atoms with Gasteiger partial charge in [0.05, 0.1) is 34.9 Å². The van der Waals surface area contributed by atoms with Crippen molar-refractivity contribution in [3.63, 3.8) is 0 Å². The van der Waals surface area contributed by atoms with Crippen molar-refractivity contribution in [2.24, 2.45) is 5.92 Å². The van der Waals surface area contributed by atoms with Gasteiger partial charge in [0, 0.05) is 30.4 Å². The van der Waals surface area contributed by atoms with Gasteiger partial charge in [-0.3, -0.25) is 19.8 Å². The molecule has 3 aromatic rings. The van der Waals surface area contributed by atoms with Crippen LogP contribution in [0.15, 0.2) is 48.7 Å². The number of benzene rings is 2. The first-order valence-electron chi connectivity index (χ1n) is 12.4. The third-order valence-electron chi connectivity index (χ3n) is 6.59. The fourth-order valence-electron chi connectivity index (χ4n) is 4.36. The summed E-state index contributed by atoms with van der Waals surface area (Å²) in [5.74, 6) is -1.04. The number of carboxylic acid groups (broad SMARTS) is 1. The summed E-state index contributed by atoms with van der Waals surface area (Å²) in [6, 6.07) is 9.58. The molecule has 4 rings (SSSR count). The van der Waals surface area contributed by atoms with Crippen LogP contribution in [0.25, 0.3) is 0 Å². The number of piperidine rings is 1. The van der Waals surface area contributed by atoms with Gasteiger partial charge in [0.1, 0.15) is 23.2 Å². The molecule has 0 atom stereocenters. The van der Waals surface area contributed by atoms with Crippen molar-refractivity contribution in [3.8, 4) is 18.1 Å². The molecular formula is C29H25ClFN5O5. The number of ether oxygens (including phenoxy) is 1. The lowest BCUT2D eigenvalue weighted by atomic mass is 9.96. The third kappa shape index (κ3) is 6.62. The lowest BCUT2D eigenvalue weighted by Gasteiger charge is -2.32. The van der Waals surface area contributed by atoms with E-state index in [4.69, 9.17) is 28.2 Å². The Kier molecular flexibility index (Phi) is 8.84. The summed E-state index contributed by atoms with van der Waals surface area (Å²) >= 11 is 5.85. The number of hydrogen-bond donors (Lipinski definition) is 4. The molecule has 10 nitrogen and oxygen atoms in total. The first-order valence-corrected chi connectivity index (χ1v) is 12.8. The number of pyridine rings is 1. The summed E-state index contributed by atoms with van der Waals surface area (Å²) in [5.41, 5.74) is 0.112. The van der Waals surface area contributed by atoms with E-state index in [2.05, 4.69) is 21.5 Å². The number of hydrogen-bond acceptors (Lipinski definition) is 6. The number of anilines is 2. The van der Waals surface area contributed by atoms with E-state index < -0.39 is 29.5 Å². The van der Waals surface area contributed by atoms with E-state index in [1.165, 1.54) is 49.7 Å². The zero-order chi connectivity index (χ0) is 29.7. The van der Waals surface area contributed by atoms with Gasteiger partial charge >= 0.3 is 5.97 Å². The van der Waals surface area contributed by atoms with E-state index in [0.717, 1.165) is 6.07 Å². The van der Waals surface area contributed by atoms with Gasteiger partial charge in [-0.2, -0.15) is 0 Å². The molecule has 0 spiro atoms. The standard InChI is InChI=1S/C29H25ClFN5O5/c1-3-16-12-21(28(38)34-24-7-5-19(30)15-33-24)25(23(13-16)41-2)35-27(37)20-6-4-18(14-22(20)31)26(32)36-10-8-17(9-11-36)29(39)40/h1,4-7,12-15,17,32H,8-11H2,2H3,(H,35,37)(H,39,40)(H,33,34,38). The zero-order valence-corrected chi connectivity index (χ0v) is 22.6. The SMILES string of the molecule is C#Cc1cc(OC)c(NC(=O)c2ccc(C(=N)N3CCC(C(=O)O)CC3)cc2F)c(C(=O)Nc2ccc(Cl)cn2)c1. The number of methoxy groups -OCH3 is 1. The highest BCUT2D eigenvalue weighted by molar-refractivity contribution is 6.30. The van der Waals surface area contributed by atoms with E-state index in [9.17, 15) is 19.5 Å². The van der Waals surface area contributed by atoms with Crippen molar-refractivity contribution in [3.05, 3.63) is 81.8 Å². The number of aliphatic carboxylic acids is 1. The molecule has 1 aliphatic heterocycles. The van der Waals surface area contributed by atoms with E-state index in [0.29, 0.717) is 36.5 Å². The van der Waals surface area contributed by atoms with Gasteiger partial charge in [0.15, 0.2) is 0 Å². The second-order valence-electron chi connectivity index (χ2n) is 9.16. The number of rotatable bonds is 7. The number of carboxylic acids is 1. The molecule has 0 saturated carbocycles. The van der Waals surface area contributed by atoms with Crippen LogP contribution in [0.5, 0.6) is 5.75 Å². The Hall–Kier alpha value is -4.95. The van der Waals surface area contributed by atoms with Crippen molar-refractivity contribution < 1.29 is 28.6 Å². The van der Waals surface area contributed by atoms with Crippen LogP contribution in [0.4, 0.5) is 15.9 Å². The lowest BCUT2D eigenvalue weighted by Crippen LogP contribution is -2.40. The average molecular weight is 578 g/mol. The van der Waals surface area contributed by atoms with Crippen LogP contribution in [0.1, 0.15) is 44.7 Å². The number of carbonyl (C=O) groups is 3. The molecule has 0 aliphatic carbocycles. The molecule has 1 aromatic heterocycles. The summed E-state index contributed by atoms with van der Waals surface area (Å²) < 4.78 is 20.5. The summed E-state index contributed by atoms with van der Waals surface area (Å²) in [5, 5.41) is 23.1. The van der Waals surface area contributed by atoms with Crippen molar-refractivity contribution in [1.82, 2.24) is 9.88 Å². The van der Waals surface area contributed by atoms with Gasteiger partial charge in [-0.05, 0) is 49.2 Å². The van der Waals surface area contributed by atoms with Crippen LogP contribution in [-0.2, 0) is 4.79 Å². The average Bonchev–Trinajstić information content (AvgIpc) is 2.97. The Morgan fingerprint density at radius 3 is 2.41 bits per heavy atom. The Bertz CT molecular complexity index is 1560. The predicted molar refractivity (Wildman–Crippen MR) is 151 cm³/mol. The largest absolute Gasteiger partial charge is 0.495 e. The van der Waals surface area contributed by atoms with Gasteiger partial charge in [-0.25, -0.2) is 9.37 Å². The van der Waals surface area contributed by atoms with E-state index in [1.54, 1.807) is 4.90 Å². The molecule has 1 saturated heterocycles. The zero-order valence-electron chi connectivity index (χ0n) is 21.8. The third-order valence-corrected chi connectivity index (χ3v) is 6.81. The van der Waals surface area contributed by atoms with Crippen LogP contribution in [0, 0.1) is 29.5 Å². The maximum Gasteiger partial charge on any atom is 0.306 e. The number of nitrogens with zero attached hydrogens (tertiary/aromatic N) is 2. The first kappa shape index (κ1) is 29.0. The number of amidine groups is 1. The van der Waals surface area contributed by atoms with Crippen molar-refractivity contribution in [2.75, 3.05) is 30.8 Å². The number of halogens is 2. The Labute approximate surface area is 240 Å². The normalized spacial score (nSPS) is 13.2. The van der Waals surface area contributed by atoms with Crippen LogP contribution < -0.4 is 15.4 Å². The molecule has 0 radical (unpaired) electrons. The molecule has 4 N–H and O–H groups in total. The highest BCUT2D eigenvalue weighted by Crippen LogP contribution is 2.32. The molecule has 210 valence electrons. The van der Waals surface area contributed by atoms with Gasteiger partial charge in [0.25, 0.3) is 11.8 Å². The van der Waals surface area contributed by atoms with Crippen molar-refractivity contribution in [2.45, 2.75) is 12.8 Å². The molecule has 41 heavy (non-hydrogen) atoms. The number of likely N-dealkylation sites (tertiary alicyclic amines) is 1. The molecule has 1 fully saturated rings. The fraction of sp³-hybridized carbons (Fsp3) is 0.207. The van der Waals surface area contributed by atoms with Crippen LogP contribution in [0.3, 0.4) is 0 Å². The molecule has 0 bridgehead atoms. The topological polar surface area (TPSA) is 145 Å². The van der Waals surface area contributed by atoms with Gasteiger partial charge in [0.2, 0.25) is 0 Å². The number of terminal acetylenes is 1. The molecule has 1 aliphatic rings. The van der Waals surface area contributed by atoms with Crippen molar-refractivity contribution >= 4 is 46.7 Å². The second-order valence-corrected chi connectivity index (χ2v) is 9.59. The van der Waals surface area contributed by atoms with Gasteiger partial charge < -0.3 is 25.4 Å². The maximum absolute atomic E-state index is 15.2. The van der Waals surface area contributed by atoms with E-state index in [-0.39, 0.29) is 39.8 Å². The highest BCUT2D eigenvalue weighted by Gasteiger charge is 2.27. The minimum absolute atomic E-state index is 0.0287. The molecule has 0 unspecified atom stereocenters.